The Bertz CT molecular complexity index is 281. The fraction of sp³-hybridized carbons (Fsp3) is 0.923. The summed E-state index contributed by atoms with van der Waals surface area (Å²) in [6, 6.07) is 0.192. The van der Waals surface area contributed by atoms with Gasteiger partial charge in [-0.15, -0.1) is 0 Å². The molecule has 0 spiro atoms. The van der Waals surface area contributed by atoms with Crippen LogP contribution in [0.15, 0.2) is 0 Å². The highest BCUT2D eigenvalue weighted by Gasteiger charge is 2.37. The topological polar surface area (TPSA) is 41.6 Å². The Morgan fingerprint density at radius 3 is 2.53 bits per heavy atom. The number of likely N-dealkylation sites (N-methyl/N-ethyl adjacent to an activating group) is 1. The highest BCUT2D eigenvalue weighted by Crippen LogP contribution is 2.30. The van der Waals surface area contributed by atoms with Gasteiger partial charge in [0.2, 0.25) is 5.91 Å². The van der Waals surface area contributed by atoms with Crippen molar-refractivity contribution in [3.63, 3.8) is 0 Å². The SMILES string of the molecule is CNC1COCC1C(=O)N1CCC(C)(C)CC1. The van der Waals surface area contributed by atoms with Gasteiger partial charge in [-0.1, -0.05) is 13.8 Å². The second-order valence-electron chi connectivity index (χ2n) is 6.03. The Balaban J connectivity index is 1.92. The average molecular weight is 240 g/mol. The third-order valence-electron chi connectivity index (χ3n) is 4.20. The van der Waals surface area contributed by atoms with Crippen molar-refractivity contribution in [1.29, 1.82) is 0 Å². The summed E-state index contributed by atoms with van der Waals surface area (Å²) in [6.07, 6.45) is 2.22. The molecule has 2 saturated heterocycles. The highest BCUT2D eigenvalue weighted by atomic mass is 16.5. The minimum Gasteiger partial charge on any atom is -0.379 e. The third-order valence-corrected chi connectivity index (χ3v) is 4.20. The molecule has 4 nitrogen and oxygen atoms in total. The normalized spacial score (nSPS) is 32.8. The number of nitrogens with one attached hydrogen (secondary N) is 1. The molecule has 0 aromatic carbocycles. The average Bonchev–Trinajstić information content (AvgIpc) is 2.76. The molecule has 2 rings (SSSR count). The zero-order chi connectivity index (χ0) is 12.5. The standard InChI is InChI=1S/C13H24N2O2/c1-13(2)4-6-15(7-5-13)12(16)10-8-17-9-11(10)14-3/h10-11,14H,4-9H2,1-3H3. The number of amides is 1. The van der Waals surface area contributed by atoms with Gasteiger partial charge in [0, 0.05) is 19.1 Å². The Labute approximate surface area is 104 Å². The van der Waals surface area contributed by atoms with Gasteiger partial charge >= 0.3 is 0 Å². The molecule has 2 aliphatic heterocycles. The van der Waals surface area contributed by atoms with Crippen LogP contribution in [0.4, 0.5) is 0 Å². The molecule has 98 valence electrons. The molecule has 0 aliphatic carbocycles. The highest BCUT2D eigenvalue weighted by molar-refractivity contribution is 5.80. The van der Waals surface area contributed by atoms with Gasteiger partial charge in [0.15, 0.2) is 0 Å². The Kier molecular flexibility index (Phi) is 3.73. The van der Waals surface area contributed by atoms with E-state index in [1.54, 1.807) is 0 Å². The minimum atomic E-state index is 0.0150. The summed E-state index contributed by atoms with van der Waals surface area (Å²) in [5, 5.41) is 3.18. The summed E-state index contributed by atoms with van der Waals surface area (Å²) in [4.78, 5) is 14.4. The lowest BCUT2D eigenvalue weighted by Gasteiger charge is -2.38. The summed E-state index contributed by atoms with van der Waals surface area (Å²) < 4.78 is 5.40. The van der Waals surface area contributed by atoms with Crippen LogP contribution in [0.25, 0.3) is 0 Å². The molecular weight excluding hydrogens is 216 g/mol. The summed E-state index contributed by atoms with van der Waals surface area (Å²) >= 11 is 0. The number of nitrogens with zero attached hydrogens (tertiary/aromatic N) is 1. The van der Waals surface area contributed by atoms with E-state index in [1.165, 1.54) is 0 Å². The van der Waals surface area contributed by atoms with E-state index in [-0.39, 0.29) is 17.9 Å². The van der Waals surface area contributed by atoms with Crippen LogP contribution in [0, 0.1) is 11.3 Å². The Morgan fingerprint density at radius 2 is 1.94 bits per heavy atom. The number of ether oxygens (including phenoxy) is 1. The maximum Gasteiger partial charge on any atom is 0.229 e. The molecular formula is C13H24N2O2. The molecule has 0 radical (unpaired) electrons. The van der Waals surface area contributed by atoms with Crippen LogP contribution in [-0.4, -0.2) is 50.2 Å². The lowest BCUT2D eigenvalue weighted by molar-refractivity contribution is -0.138. The monoisotopic (exact) mass is 240 g/mol. The fourth-order valence-corrected chi connectivity index (χ4v) is 2.65. The maximum absolute atomic E-state index is 12.4. The zero-order valence-electron chi connectivity index (χ0n) is 11.2. The van der Waals surface area contributed by atoms with Gasteiger partial charge in [-0.05, 0) is 25.3 Å². The number of piperidine rings is 1. The zero-order valence-corrected chi connectivity index (χ0v) is 11.2. The molecule has 2 aliphatic rings. The first-order chi connectivity index (χ1) is 8.03. The number of carbonyl (C=O) groups excluding carboxylic acids is 1. The molecule has 17 heavy (non-hydrogen) atoms. The molecule has 0 aromatic heterocycles. The lowest BCUT2D eigenvalue weighted by Crippen LogP contribution is -2.48. The van der Waals surface area contributed by atoms with Crippen LogP contribution in [-0.2, 0) is 9.53 Å². The summed E-state index contributed by atoms with van der Waals surface area (Å²) in [7, 11) is 1.90. The second kappa shape index (κ2) is 4.94. The minimum absolute atomic E-state index is 0.0150. The van der Waals surface area contributed by atoms with Gasteiger partial charge in [-0.25, -0.2) is 0 Å². The van der Waals surface area contributed by atoms with Crippen molar-refractivity contribution < 1.29 is 9.53 Å². The van der Waals surface area contributed by atoms with Crippen LogP contribution in [0.2, 0.25) is 0 Å². The van der Waals surface area contributed by atoms with Crippen LogP contribution in [0.3, 0.4) is 0 Å². The fourth-order valence-electron chi connectivity index (χ4n) is 2.65. The molecule has 0 bridgehead atoms. The van der Waals surface area contributed by atoms with E-state index in [4.69, 9.17) is 4.74 Å². The maximum atomic E-state index is 12.4. The Morgan fingerprint density at radius 1 is 1.29 bits per heavy atom. The van der Waals surface area contributed by atoms with Gasteiger partial charge in [-0.3, -0.25) is 4.79 Å². The first-order valence-corrected chi connectivity index (χ1v) is 6.57. The van der Waals surface area contributed by atoms with Gasteiger partial charge in [0.1, 0.15) is 0 Å². The van der Waals surface area contributed by atoms with E-state index in [2.05, 4.69) is 19.2 Å². The van der Waals surface area contributed by atoms with Crippen molar-refractivity contribution >= 4 is 5.91 Å². The smallest absolute Gasteiger partial charge is 0.229 e. The largest absolute Gasteiger partial charge is 0.379 e. The van der Waals surface area contributed by atoms with Gasteiger partial charge in [0.05, 0.1) is 19.1 Å². The van der Waals surface area contributed by atoms with E-state index < -0.39 is 0 Å². The molecule has 2 fully saturated rings. The van der Waals surface area contributed by atoms with Crippen LogP contribution < -0.4 is 5.32 Å². The van der Waals surface area contributed by atoms with Crippen molar-refractivity contribution in [2.45, 2.75) is 32.7 Å². The number of likely N-dealkylation sites (tertiary alicyclic amines) is 1. The van der Waals surface area contributed by atoms with Crippen LogP contribution in [0.1, 0.15) is 26.7 Å². The number of hydrogen-bond donors (Lipinski definition) is 1. The molecule has 1 amide bonds. The van der Waals surface area contributed by atoms with Gasteiger partial charge in [-0.2, -0.15) is 0 Å². The van der Waals surface area contributed by atoms with Crippen molar-refractivity contribution in [2.75, 3.05) is 33.4 Å². The number of rotatable bonds is 2. The quantitative estimate of drug-likeness (QED) is 0.778. The first kappa shape index (κ1) is 12.8. The molecule has 0 saturated carbocycles. The van der Waals surface area contributed by atoms with E-state index >= 15 is 0 Å². The summed E-state index contributed by atoms with van der Waals surface area (Å²) in [6.45, 7) is 7.60. The van der Waals surface area contributed by atoms with Crippen LogP contribution in [0.5, 0.6) is 0 Å². The van der Waals surface area contributed by atoms with E-state index in [0.29, 0.717) is 18.6 Å². The number of hydrogen-bond acceptors (Lipinski definition) is 3. The molecule has 4 heteroatoms. The Hall–Kier alpha value is -0.610. The number of carbonyl (C=O) groups is 1. The lowest BCUT2D eigenvalue weighted by atomic mass is 9.82. The predicted molar refractivity (Wildman–Crippen MR) is 66.8 cm³/mol. The molecule has 2 atom stereocenters. The van der Waals surface area contributed by atoms with Crippen molar-refractivity contribution in [3.8, 4) is 0 Å². The first-order valence-electron chi connectivity index (χ1n) is 6.57. The van der Waals surface area contributed by atoms with E-state index in [9.17, 15) is 4.79 Å². The molecule has 2 heterocycles. The predicted octanol–water partition coefficient (Wildman–Crippen LogP) is 0.869. The second-order valence-corrected chi connectivity index (χ2v) is 6.03. The van der Waals surface area contributed by atoms with Crippen LogP contribution >= 0.6 is 0 Å². The van der Waals surface area contributed by atoms with Gasteiger partial charge in [0.25, 0.3) is 0 Å². The summed E-state index contributed by atoms with van der Waals surface area (Å²) in [5.74, 6) is 0.290. The summed E-state index contributed by atoms with van der Waals surface area (Å²) in [5.41, 5.74) is 0.394. The van der Waals surface area contributed by atoms with E-state index in [1.807, 2.05) is 11.9 Å². The van der Waals surface area contributed by atoms with E-state index in [0.717, 1.165) is 25.9 Å². The van der Waals surface area contributed by atoms with Crippen molar-refractivity contribution in [2.24, 2.45) is 11.3 Å². The molecule has 0 aromatic rings. The van der Waals surface area contributed by atoms with Crippen molar-refractivity contribution in [1.82, 2.24) is 10.2 Å². The van der Waals surface area contributed by atoms with Crippen molar-refractivity contribution in [3.05, 3.63) is 0 Å². The molecule has 1 N–H and O–H groups in total. The third kappa shape index (κ3) is 2.80. The molecule has 2 unspecified atom stereocenters. The van der Waals surface area contributed by atoms with Gasteiger partial charge < -0.3 is 15.0 Å².